The third-order valence-electron chi connectivity index (χ3n) is 3.20. The summed E-state index contributed by atoms with van der Waals surface area (Å²) < 4.78 is 17.2. The zero-order valence-corrected chi connectivity index (χ0v) is 13.1. The van der Waals surface area contributed by atoms with E-state index in [4.69, 9.17) is 25.4 Å². The number of esters is 1. The number of hydrogen-bond donors (Lipinski definition) is 2. The quantitative estimate of drug-likeness (QED) is 0.691. The monoisotopic (exact) mass is 334 g/mol. The first kappa shape index (κ1) is 15.2. The highest BCUT2D eigenvalue weighted by Gasteiger charge is 2.21. The fraction of sp³-hybridized carbons (Fsp3) is 0.200. The van der Waals surface area contributed by atoms with Crippen molar-refractivity contribution in [2.75, 3.05) is 18.9 Å². The van der Waals surface area contributed by atoms with E-state index in [1.54, 1.807) is 19.1 Å². The molecule has 0 atom stereocenters. The number of hydrogen-bond acceptors (Lipinski definition) is 7. The van der Waals surface area contributed by atoms with Gasteiger partial charge in [-0.15, -0.1) is 11.3 Å². The van der Waals surface area contributed by atoms with E-state index in [1.165, 1.54) is 11.3 Å². The molecule has 2 heterocycles. The summed E-state index contributed by atoms with van der Waals surface area (Å²) in [4.78, 5) is 22.7. The molecular weight excluding hydrogens is 320 g/mol. The van der Waals surface area contributed by atoms with Gasteiger partial charge in [-0.3, -0.25) is 4.79 Å². The van der Waals surface area contributed by atoms with E-state index >= 15 is 0 Å². The van der Waals surface area contributed by atoms with E-state index in [0.717, 1.165) is 10.1 Å². The van der Waals surface area contributed by atoms with Gasteiger partial charge < -0.3 is 25.4 Å². The van der Waals surface area contributed by atoms with Crippen LogP contribution in [0.5, 0.6) is 5.75 Å². The number of fused-ring (bicyclic) bond motifs is 3. The molecule has 0 bridgehead atoms. The molecule has 2 aromatic heterocycles. The molecule has 8 heteroatoms. The molecule has 0 radical (unpaired) electrons. The second-order valence-electron chi connectivity index (χ2n) is 4.70. The van der Waals surface area contributed by atoms with Gasteiger partial charge in [0.05, 0.1) is 16.0 Å². The van der Waals surface area contributed by atoms with Crippen molar-refractivity contribution in [1.29, 1.82) is 0 Å². The molecule has 120 valence electrons. The Labute approximate surface area is 134 Å². The van der Waals surface area contributed by atoms with E-state index in [0.29, 0.717) is 22.6 Å². The molecule has 1 amide bonds. The summed E-state index contributed by atoms with van der Waals surface area (Å²) in [6.45, 7) is 1.84. The van der Waals surface area contributed by atoms with Gasteiger partial charge in [0, 0.05) is 5.39 Å². The number of ether oxygens (including phenoxy) is 2. The van der Waals surface area contributed by atoms with Crippen LogP contribution in [0.15, 0.2) is 22.6 Å². The molecule has 0 saturated heterocycles. The molecule has 0 aliphatic heterocycles. The molecule has 1 aromatic carbocycles. The van der Waals surface area contributed by atoms with Crippen molar-refractivity contribution in [2.45, 2.75) is 6.92 Å². The van der Waals surface area contributed by atoms with E-state index in [9.17, 15) is 9.59 Å². The summed E-state index contributed by atoms with van der Waals surface area (Å²) in [5.41, 5.74) is 11.9. The minimum atomic E-state index is -0.714. The van der Waals surface area contributed by atoms with Crippen LogP contribution >= 0.6 is 11.3 Å². The lowest BCUT2D eigenvalue weighted by atomic mass is 10.2. The minimum absolute atomic E-state index is 0.0500. The van der Waals surface area contributed by atoms with Crippen LogP contribution in [-0.4, -0.2) is 25.1 Å². The molecular formula is C15H14N2O5S. The normalized spacial score (nSPS) is 11.0. The van der Waals surface area contributed by atoms with Crippen LogP contribution in [0.25, 0.3) is 20.4 Å². The van der Waals surface area contributed by atoms with Crippen LogP contribution in [0, 0.1) is 0 Å². The number of amides is 1. The predicted octanol–water partition coefficient (Wildman–Crippen LogP) is 2.27. The van der Waals surface area contributed by atoms with Crippen molar-refractivity contribution in [3.05, 3.63) is 24.0 Å². The lowest BCUT2D eigenvalue weighted by Crippen LogP contribution is -2.14. The smallest absolute Gasteiger partial charge is 0.344 e. The highest BCUT2D eigenvalue weighted by molar-refractivity contribution is 7.26. The van der Waals surface area contributed by atoms with Crippen LogP contribution in [0.2, 0.25) is 0 Å². The number of nitrogen functional groups attached to an aromatic ring is 1. The molecule has 0 aliphatic rings. The summed E-state index contributed by atoms with van der Waals surface area (Å²) in [5, 5.41) is 0.741. The first-order valence-electron chi connectivity index (χ1n) is 6.84. The maximum Gasteiger partial charge on any atom is 0.344 e. The molecule has 0 aliphatic carbocycles. The number of rotatable bonds is 5. The van der Waals surface area contributed by atoms with Gasteiger partial charge in [-0.2, -0.15) is 0 Å². The van der Waals surface area contributed by atoms with E-state index < -0.39 is 11.9 Å². The lowest BCUT2D eigenvalue weighted by Gasteiger charge is -2.06. The second-order valence-corrected chi connectivity index (χ2v) is 5.72. The number of furan rings is 1. The van der Waals surface area contributed by atoms with Crippen molar-refractivity contribution >= 4 is 49.3 Å². The Balaban J connectivity index is 2.03. The zero-order chi connectivity index (χ0) is 16.6. The highest BCUT2D eigenvalue weighted by atomic mass is 32.1. The Morgan fingerprint density at radius 2 is 2.09 bits per heavy atom. The number of anilines is 1. The van der Waals surface area contributed by atoms with Gasteiger partial charge in [-0.1, -0.05) is 6.07 Å². The Hall–Kier alpha value is -2.74. The van der Waals surface area contributed by atoms with Gasteiger partial charge in [-0.25, -0.2) is 4.79 Å². The van der Waals surface area contributed by atoms with Crippen molar-refractivity contribution < 1.29 is 23.5 Å². The van der Waals surface area contributed by atoms with E-state index in [1.807, 2.05) is 6.07 Å². The van der Waals surface area contributed by atoms with Crippen LogP contribution in [-0.2, 0) is 9.53 Å². The molecule has 23 heavy (non-hydrogen) atoms. The number of benzene rings is 1. The predicted molar refractivity (Wildman–Crippen MR) is 86.7 cm³/mol. The second kappa shape index (κ2) is 5.81. The van der Waals surface area contributed by atoms with Gasteiger partial charge >= 0.3 is 5.97 Å². The average molecular weight is 334 g/mol. The van der Waals surface area contributed by atoms with Gasteiger partial charge in [0.15, 0.2) is 12.2 Å². The van der Waals surface area contributed by atoms with Crippen LogP contribution in [0.3, 0.4) is 0 Å². The maximum absolute atomic E-state index is 11.4. The molecule has 0 unspecified atom stereocenters. The minimum Gasteiger partial charge on any atom is -0.480 e. The fourth-order valence-corrected chi connectivity index (χ4v) is 3.39. The molecule has 0 fully saturated rings. The average Bonchev–Trinajstić information content (AvgIpc) is 3.03. The first-order valence-corrected chi connectivity index (χ1v) is 7.66. The standard InChI is InChI=1S/C15H14N2O5S/c1-2-20-9(18)6-21-8-5-3-4-7-11-14(23-13(7)8)10(16)12(22-11)15(17)19/h3-5H,2,6,16H2,1H3,(H2,17,19). The Morgan fingerprint density at radius 1 is 1.30 bits per heavy atom. The Morgan fingerprint density at radius 3 is 2.78 bits per heavy atom. The first-order chi connectivity index (χ1) is 11.0. The number of carbonyl (C=O) groups excluding carboxylic acids is 2. The summed E-state index contributed by atoms with van der Waals surface area (Å²) >= 11 is 1.31. The topological polar surface area (TPSA) is 118 Å². The molecule has 0 spiro atoms. The SMILES string of the molecule is CCOC(=O)COc1cccc2c1sc1c(N)c(C(N)=O)oc12. The van der Waals surface area contributed by atoms with Crippen molar-refractivity contribution in [1.82, 2.24) is 0 Å². The van der Waals surface area contributed by atoms with Gasteiger partial charge in [0.2, 0.25) is 5.76 Å². The third kappa shape index (κ3) is 2.57. The number of nitrogens with two attached hydrogens (primary N) is 2. The Kier molecular flexibility index (Phi) is 3.83. The van der Waals surface area contributed by atoms with Crippen LogP contribution in [0.4, 0.5) is 5.69 Å². The largest absolute Gasteiger partial charge is 0.480 e. The zero-order valence-electron chi connectivity index (χ0n) is 12.3. The van der Waals surface area contributed by atoms with Gasteiger partial charge in [-0.05, 0) is 19.1 Å². The van der Waals surface area contributed by atoms with Gasteiger partial charge in [0.25, 0.3) is 5.91 Å². The van der Waals surface area contributed by atoms with E-state index in [2.05, 4.69) is 0 Å². The van der Waals surface area contributed by atoms with Crippen molar-refractivity contribution in [3.8, 4) is 5.75 Å². The summed E-state index contributed by atoms with van der Waals surface area (Å²) in [6.07, 6.45) is 0. The lowest BCUT2D eigenvalue weighted by molar-refractivity contribution is -0.145. The van der Waals surface area contributed by atoms with Crippen molar-refractivity contribution in [2.24, 2.45) is 5.73 Å². The molecule has 3 aromatic rings. The molecule has 4 N–H and O–H groups in total. The number of carbonyl (C=O) groups is 2. The fourth-order valence-electron chi connectivity index (χ4n) is 2.25. The highest BCUT2D eigenvalue weighted by Crippen LogP contribution is 2.44. The third-order valence-corrected chi connectivity index (χ3v) is 4.44. The van der Waals surface area contributed by atoms with Crippen molar-refractivity contribution in [3.63, 3.8) is 0 Å². The molecule has 7 nitrogen and oxygen atoms in total. The summed E-state index contributed by atoms with van der Waals surface area (Å²) in [7, 11) is 0. The van der Waals surface area contributed by atoms with E-state index in [-0.39, 0.29) is 18.1 Å². The Bertz CT molecular complexity index is 912. The number of thiophene rings is 1. The molecule has 0 saturated carbocycles. The van der Waals surface area contributed by atoms with Gasteiger partial charge in [0.1, 0.15) is 11.4 Å². The maximum atomic E-state index is 11.4. The summed E-state index contributed by atoms with van der Waals surface area (Å²) in [5.74, 6) is -0.688. The number of primary amides is 1. The van der Waals surface area contributed by atoms with Crippen LogP contribution in [0.1, 0.15) is 17.5 Å². The molecule has 3 rings (SSSR count). The summed E-state index contributed by atoms with van der Waals surface area (Å²) in [6, 6.07) is 5.32. The van der Waals surface area contributed by atoms with Crippen LogP contribution < -0.4 is 16.2 Å².